The molecule has 0 saturated carbocycles. The Balaban J connectivity index is 1.42. The standard InChI is InChI=1S/C31H46F3N7O2/c1-7-41(22(4)5)30(42)24-15-23(32)10-11-26(24)43-29-28(35-20-36-37-29)39-14-12-31(17-39)18-40(19-31)25(21(2)3)9-8-13-38(6)16-27(33)34/h10-11,15,20-22,25,27H,7-9,12-14,16-19H2,1-6H3. The third-order valence-corrected chi connectivity index (χ3v) is 8.72. The largest absolute Gasteiger partial charge is 0.434 e. The molecule has 2 aliphatic rings. The van der Waals surface area contributed by atoms with Gasteiger partial charge in [-0.2, -0.15) is 0 Å². The predicted molar refractivity (Wildman–Crippen MR) is 160 cm³/mol. The number of halogens is 3. The summed E-state index contributed by atoms with van der Waals surface area (Å²) >= 11 is 0. The summed E-state index contributed by atoms with van der Waals surface area (Å²) in [6, 6.07) is 4.25. The third kappa shape index (κ3) is 7.94. The zero-order chi connectivity index (χ0) is 31.3. The van der Waals surface area contributed by atoms with Gasteiger partial charge in [0.2, 0.25) is 0 Å². The average Bonchev–Trinajstić information content (AvgIpc) is 3.37. The summed E-state index contributed by atoms with van der Waals surface area (Å²) < 4.78 is 45.8. The van der Waals surface area contributed by atoms with Crippen molar-refractivity contribution < 1.29 is 22.7 Å². The maximum Gasteiger partial charge on any atom is 0.282 e. The van der Waals surface area contributed by atoms with E-state index in [0.29, 0.717) is 30.9 Å². The number of ether oxygens (including phenoxy) is 1. The molecule has 1 unspecified atom stereocenters. The Hall–Kier alpha value is -2.99. The minimum atomic E-state index is -2.31. The zero-order valence-corrected chi connectivity index (χ0v) is 26.3. The molecule has 2 aliphatic heterocycles. The van der Waals surface area contributed by atoms with Crippen molar-refractivity contribution in [1.82, 2.24) is 29.9 Å². The molecule has 2 saturated heterocycles. The van der Waals surface area contributed by atoms with E-state index in [1.807, 2.05) is 20.8 Å². The van der Waals surface area contributed by atoms with E-state index in [0.717, 1.165) is 45.4 Å². The van der Waals surface area contributed by atoms with Crippen molar-refractivity contribution in [2.45, 2.75) is 72.4 Å². The highest BCUT2D eigenvalue weighted by Crippen LogP contribution is 2.44. The van der Waals surface area contributed by atoms with Gasteiger partial charge in [0.25, 0.3) is 18.2 Å². The molecule has 0 bridgehead atoms. The van der Waals surface area contributed by atoms with Gasteiger partial charge in [-0.15, -0.1) is 10.2 Å². The number of benzene rings is 1. The van der Waals surface area contributed by atoms with Crippen LogP contribution in [-0.4, -0.2) is 107 Å². The summed E-state index contributed by atoms with van der Waals surface area (Å²) in [6.45, 7) is 14.6. The van der Waals surface area contributed by atoms with E-state index in [1.165, 1.54) is 24.5 Å². The Labute approximate surface area is 253 Å². The number of hydrogen-bond donors (Lipinski definition) is 0. The highest BCUT2D eigenvalue weighted by Gasteiger charge is 2.50. The van der Waals surface area contributed by atoms with Crippen LogP contribution in [-0.2, 0) is 0 Å². The molecule has 4 rings (SSSR count). The average molecular weight is 606 g/mol. The molecule has 1 spiro atoms. The van der Waals surface area contributed by atoms with Crippen LogP contribution in [0.2, 0.25) is 0 Å². The van der Waals surface area contributed by atoms with Crippen LogP contribution in [0, 0.1) is 17.2 Å². The zero-order valence-electron chi connectivity index (χ0n) is 26.3. The minimum absolute atomic E-state index is 0.0627. The van der Waals surface area contributed by atoms with Crippen molar-refractivity contribution in [3.05, 3.63) is 35.9 Å². The summed E-state index contributed by atoms with van der Waals surface area (Å²) in [5, 5.41) is 8.14. The second-order valence-electron chi connectivity index (χ2n) is 12.7. The van der Waals surface area contributed by atoms with Gasteiger partial charge in [0.15, 0.2) is 5.82 Å². The van der Waals surface area contributed by atoms with Crippen molar-refractivity contribution in [3.8, 4) is 11.6 Å². The van der Waals surface area contributed by atoms with E-state index >= 15 is 0 Å². The minimum Gasteiger partial charge on any atom is -0.434 e. The molecule has 238 valence electrons. The lowest BCUT2D eigenvalue weighted by atomic mass is 9.76. The molecular formula is C31H46F3N7O2. The lowest BCUT2D eigenvalue weighted by Crippen LogP contribution is -2.62. The van der Waals surface area contributed by atoms with E-state index < -0.39 is 12.2 Å². The van der Waals surface area contributed by atoms with E-state index in [4.69, 9.17) is 4.74 Å². The van der Waals surface area contributed by atoms with Crippen LogP contribution in [0.5, 0.6) is 11.6 Å². The lowest BCUT2D eigenvalue weighted by molar-refractivity contribution is -0.0346. The van der Waals surface area contributed by atoms with Gasteiger partial charge in [-0.05, 0) is 77.7 Å². The smallest absolute Gasteiger partial charge is 0.282 e. The Morgan fingerprint density at radius 1 is 1.16 bits per heavy atom. The van der Waals surface area contributed by atoms with E-state index in [1.54, 1.807) is 16.8 Å². The van der Waals surface area contributed by atoms with E-state index in [9.17, 15) is 18.0 Å². The number of hydrogen-bond acceptors (Lipinski definition) is 8. The summed E-state index contributed by atoms with van der Waals surface area (Å²) in [6.07, 6.45) is 1.93. The molecular weight excluding hydrogens is 559 g/mol. The van der Waals surface area contributed by atoms with Crippen LogP contribution in [0.15, 0.2) is 24.5 Å². The van der Waals surface area contributed by atoms with E-state index in [2.05, 4.69) is 38.8 Å². The molecule has 1 atom stereocenters. The van der Waals surface area contributed by atoms with Gasteiger partial charge in [-0.3, -0.25) is 9.69 Å². The monoisotopic (exact) mass is 605 g/mol. The second-order valence-corrected chi connectivity index (χ2v) is 12.7. The molecule has 0 N–H and O–H groups in total. The number of amides is 1. The fraction of sp³-hybridized carbons (Fsp3) is 0.677. The van der Waals surface area contributed by atoms with Crippen LogP contribution in [0.3, 0.4) is 0 Å². The molecule has 2 fully saturated rings. The SMILES string of the molecule is CCN(C(=O)c1cc(F)ccc1Oc1nncnc1N1CCC2(C1)CN(C(CCCN(C)CC(F)F)C(C)C)C2)C(C)C. The van der Waals surface area contributed by atoms with Crippen molar-refractivity contribution in [2.24, 2.45) is 11.3 Å². The Morgan fingerprint density at radius 3 is 2.56 bits per heavy atom. The number of nitrogens with zero attached hydrogens (tertiary/aromatic N) is 7. The second kappa shape index (κ2) is 14.2. The number of carbonyl (C=O) groups excluding carboxylic acids is 1. The highest BCUT2D eigenvalue weighted by atomic mass is 19.3. The fourth-order valence-corrected chi connectivity index (χ4v) is 6.56. The molecule has 1 amide bonds. The number of anilines is 1. The van der Waals surface area contributed by atoms with Gasteiger partial charge in [-0.1, -0.05) is 13.8 Å². The van der Waals surface area contributed by atoms with Crippen LogP contribution < -0.4 is 9.64 Å². The van der Waals surface area contributed by atoms with Gasteiger partial charge in [0.1, 0.15) is 17.9 Å². The summed E-state index contributed by atoms with van der Waals surface area (Å²) in [7, 11) is 1.75. The Kier molecular flexibility index (Phi) is 10.9. The molecule has 9 nitrogen and oxygen atoms in total. The Morgan fingerprint density at radius 2 is 1.91 bits per heavy atom. The number of rotatable bonds is 14. The normalized spacial score (nSPS) is 17.4. The fourth-order valence-electron chi connectivity index (χ4n) is 6.56. The van der Waals surface area contributed by atoms with Crippen molar-refractivity contribution in [2.75, 3.05) is 57.8 Å². The first-order chi connectivity index (χ1) is 20.4. The molecule has 0 aliphatic carbocycles. The number of alkyl halides is 2. The maximum atomic E-state index is 14.2. The summed E-state index contributed by atoms with van der Waals surface area (Å²) in [5.74, 6) is 0.554. The van der Waals surface area contributed by atoms with Gasteiger partial charge >= 0.3 is 0 Å². The maximum absolute atomic E-state index is 14.2. The molecule has 1 aromatic heterocycles. The lowest BCUT2D eigenvalue weighted by Gasteiger charge is -2.53. The Bertz CT molecular complexity index is 1230. The van der Waals surface area contributed by atoms with Crippen LogP contribution in [0.4, 0.5) is 19.0 Å². The molecule has 0 radical (unpaired) electrons. The van der Waals surface area contributed by atoms with Crippen molar-refractivity contribution >= 4 is 11.7 Å². The summed E-state index contributed by atoms with van der Waals surface area (Å²) in [4.78, 5) is 25.8. The molecule has 1 aromatic carbocycles. The first-order valence-electron chi connectivity index (χ1n) is 15.3. The predicted octanol–water partition coefficient (Wildman–Crippen LogP) is 5.19. The van der Waals surface area contributed by atoms with Gasteiger partial charge < -0.3 is 19.4 Å². The van der Waals surface area contributed by atoms with Gasteiger partial charge in [0, 0.05) is 50.2 Å². The van der Waals surface area contributed by atoms with Crippen LogP contribution >= 0.6 is 0 Å². The van der Waals surface area contributed by atoms with Gasteiger partial charge in [0.05, 0.1) is 12.1 Å². The first kappa shape index (κ1) is 32.9. The number of carbonyl (C=O) groups is 1. The molecule has 12 heteroatoms. The topological polar surface area (TPSA) is 77.9 Å². The quantitative estimate of drug-likeness (QED) is 0.291. The summed E-state index contributed by atoms with van der Waals surface area (Å²) in [5.41, 5.74) is 0.248. The first-order valence-corrected chi connectivity index (χ1v) is 15.3. The van der Waals surface area contributed by atoms with Crippen LogP contribution in [0.1, 0.15) is 64.2 Å². The number of aromatic nitrogens is 3. The molecule has 43 heavy (non-hydrogen) atoms. The van der Waals surface area contributed by atoms with Crippen molar-refractivity contribution in [1.29, 1.82) is 0 Å². The number of likely N-dealkylation sites (tertiary alicyclic amines) is 1. The highest BCUT2D eigenvalue weighted by molar-refractivity contribution is 5.97. The van der Waals surface area contributed by atoms with Gasteiger partial charge in [-0.25, -0.2) is 18.2 Å². The van der Waals surface area contributed by atoms with Crippen LogP contribution in [0.25, 0.3) is 0 Å². The third-order valence-electron chi connectivity index (χ3n) is 8.72. The molecule has 3 heterocycles. The van der Waals surface area contributed by atoms with E-state index in [-0.39, 0.29) is 41.1 Å². The molecule has 2 aromatic rings. The van der Waals surface area contributed by atoms with Crippen molar-refractivity contribution in [3.63, 3.8) is 0 Å².